The molecule has 1 rings (SSSR count). The van der Waals surface area contributed by atoms with Gasteiger partial charge in [0.2, 0.25) is 0 Å². The minimum Gasteiger partial charge on any atom is -0.326 e. The molecular weight excluding hydrogens is 196 g/mol. The number of hydrogen-bond acceptors (Lipinski definition) is 2. The number of unbranched alkanes of at least 4 members (excludes halogenated alkanes) is 1. The van der Waals surface area contributed by atoms with Gasteiger partial charge in [-0.1, -0.05) is 6.42 Å². The van der Waals surface area contributed by atoms with Gasteiger partial charge < -0.3 is 5.73 Å². The van der Waals surface area contributed by atoms with Gasteiger partial charge in [-0.25, -0.2) is 0 Å². The third-order valence-corrected chi connectivity index (χ3v) is 3.91. The molecule has 1 heterocycles. The molecule has 1 atom stereocenters. The second-order valence-corrected chi connectivity index (χ2v) is 5.40. The Morgan fingerprint density at radius 2 is 1.94 bits per heavy atom. The van der Waals surface area contributed by atoms with E-state index in [1.807, 2.05) is 0 Å². The van der Waals surface area contributed by atoms with Gasteiger partial charge >= 0.3 is 0 Å². The summed E-state index contributed by atoms with van der Waals surface area (Å²) in [5.74, 6) is 2.68. The van der Waals surface area contributed by atoms with E-state index in [0.717, 1.165) is 19.3 Å². The lowest BCUT2D eigenvalue weighted by Gasteiger charge is -2.44. The van der Waals surface area contributed by atoms with E-state index in [1.54, 1.807) is 0 Å². The van der Waals surface area contributed by atoms with E-state index in [2.05, 4.69) is 24.7 Å². The fraction of sp³-hybridized carbons (Fsp3) is 0.857. The third-order valence-electron chi connectivity index (χ3n) is 3.91. The van der Waals surface area contributed by atoms with Gasteiger partial charge in [-0.15, -0.1) is 12.3 Å². The van der Waals surface area contributed by atoms with Gasteiger partial charge in [-0.3, -0.25) is 4.90 Å². The van der Waals surface area contributed by atoms with Gasteiger partial charge in [0.25, 0.3) is 0 Å². The zero-order valence-corrected chi connectivity index (χ0v) is 10.8. The number of nitrogens with zero attached hydrogens (tertiary/aromatic N) is 1. The molecule has 16 heavy (non-hydrogen) atoms. The molecule has 0 aromatic heterocycles. The van der Waals surface area contributed by atoms with E-state index >= 15 is 0 Å². The van der Waals surface area contributed by atoms with Crippen molar-refractivity contribution in [1.82, 2.24) is 4.90 Å². The molecule has 0 aliphatic carbocycles. The summed E-state index contributed by atoms with van der Waals surface area (Å²) in [4.78, 5) is 2.55. The van der Waals surface area contributed by atoms with Crippen LogP contribution in [0.4, 0.5) is 0 Å². The van der Waals surface area contributed by atoms with Crippen LogP contribution < -0.4 is 5.73 Å². The van der Waals surface area contributed by atoms with E-state index in [0.29, 0.717) is 0 Å². The zero-order chi connectivity index (χ0) is 12.0. The first-order valence-corrected chi connectivity index (χ1v) is 6.53. The molecule has 0 spiro atoms. The number of rotatable bonds is 5. The highest BCUT2D eigenvalue weighted by molar-refractivity contribution is 4.93. The summed E-state index contributed by atoms with van der Waals surface area (Å²) >= 11 is 0. The van der Waals surface area contributed by atoms with Gasteiger partial charge in [-0.2, -0.15) is 0 Å². The topological polar surface area (TPSA) is 29.3 Å². The fourth-order valence-corrected chi connectivity index (χ4v) is 2.48. The van der Waals surface area contributed by atoms with Crippen LogP contribution in [0.5, 0.6) is 0 Å². The number of hydrogen-bond donors (Lipinski definition) is 1. The van der Waals surface area contributed by atoms with Crippen LogP contribution in [0.25, 0.3) is 0 Å². The first-order chi connectivity index (χ1) is 7.59. The van der Waals surface area contributed by atoms with Crippen LogP contribution in [0.1, 0.15) is 52.4 Å². The number of nitrogens with two attached hydrogens (primary N) is 1. The highest BCUT2D eigenvalue weighted by Gasteiger charge is 2.33. The number of likely N-dealkylation sites (tertiary alicyclic amines) is 1. The SMILES string of the molecule is C#CCCCC(N)C(C)(C)N1CCCCC1. The number of terminal acetylenes is 1. The summed E-state index contributed by atoms with van der Waals surface area (Å²) in [6, 6.07) is 0.235. The molecule has 1 aliphatic rings. The maximum Gasteiger partial charge on any atom is 0.0304 e. The zero-order valence-electron chi connectivity index (χ0n) is 10.8. The number of piperidine rings is 1. The van der Waals surface area contributed by atoms with Crippen LogP contribution in [-0.2, 0) is 0 Å². The molecule has 2 heteroatoms. The van der Waals surface area contributed by atoms with E-state index in [1.165, 1.54) is 32.4 Å². The van der Waals surface area contributed by atoms with E-state index in [4.69, 9.17) is 12.2 Å². The molecule has 0 aromatic rings. The van der Waals surface area contributed by atoms with Crippen molar-refractivity contribution in [2.45, 2.75) is 64.0 Å². The second kappa shape index (κ2) is 6.27. The molecule has 0 radical (unpaired) electrons. The van der Waals surface area contributed by atoms with Gasteiger partial charge in [0.15, 0.2) is 0 Å². The van der Waals surface area contributed by atoms with Crippen molar-refractivity contribution in [2.75, 3.05) is 13.1 Å². The Bertz CT molecular complexity index is 234. The van der Waals surface area contributed by atoms with E-state index < -0.39 is 0 Å². The molecular formula is C14H26N2. The van der Waals surface area contributed by atoms with Gasteiger partial charge in [0.05, 0.1) is 0 Å². The molecule has 0 bridgehead atoms. The Morgan fingerprint density at radius 3 is 2.50 bits per heavy atom. The molecule has 0 amide bonds. The Hall–Kier alpha value is -0.520. The predicted octanol–water partition coefficient (Wildman–Crippen LogP) is 2.38. The van der Waals surface area contributed by atoms with Crippen LogP contribution in [0.3, 0.4) is 0 Å². The Kier molecular flexibility index (Phi) is 5.31. The Labute approximate surface area is 101 Å². The molecule has 1 saturated heterocycles. The molecule has 92 valence electrons. The molecule has 2 nitrogen and oxygen atoms in total. The van der Waals surface area contributed by atoms with Crippen LogP contribution >= 0.6 is 0 Å². The Balaban J connectivity index is 2.43. The van der Waals surface area contributed by atoms with Gasteiger partial charge in [-0.05, 0) is 52.6 Å². The summed E-state index contributed by atoms with van der Waals surface area (Å²) in [5.41, 5.74) is 6.43. The largest absolute Gasteiger partial charge is 0.326 e. The molecule has 2 N–H and O–H groups in total. The summed E-state index contributed by atoms with van der Waals surface area (Å²) < 4.78 is 0. The lowest BCUT2D eigenvalue weighted by atomic mass is 9.87. The molecule has 1 fully saturated rings. The lowest BCUT2D eigenvalue weighted by molar-refractivity contribution is 0.0701. The minimum atomic E-state index is 0.120. The quantitative estimate of drug-likeness (QED) is 0.571. The summed E-state index contributed by atoms with van der Waals surface area (Å²) in [5, 5.41) is 0. The highest BCUT2D eigenvalue weighted by Crippen LogP contribution is 2.25. The molecule has 1 aliphatic heterocycles. The minimum absolute atomic E-state index is 0.120. The molecule has 0 saturated carbocycles. The second-order valence-electron chi connectivity index (χ2n) is 5.40. The summed E-state index contributed by atoms with van der Waals surface area (Å²) in [7, 11) is 0. The van der Waals surface area contributed by atoms with Crippen molar-refractivity contribution in [2.24, 2.45) is 5.73 Å². The van der Waals surface area contributed by atoms with Crippen LogP contribution in [0.2, 0.25) is 0 Å². The van der Waals surface area contributed by atoms with Crippen molar-refractivity contribution in [3.05, 3.63) is 0 Å². The fourth-order valence-electron chi connectivity index (χ4n) is 2.48. The molecule has 1 unspecified atom stereocenters. The average Bonchev–Trinajstić information content (AvgIpc) is 2.30. The maximum absolute atomic E-state index is 6.31. The van der Waals surface area contributed by atoms with Crippen molar-refractivity contribution in [1.29, 1.82) is 0 Å². The van der Waals surface area contributed by atoms with E-state index in [9.17, 15) is 0 Å². The predicted molar refractivity (Wildman–Crippen MR) is 70.2 cm³/mol. The van der Waals surface area contributed by atoms with Crippen molar-refractivity contribution >= 4 is 0 Å². The van der Waals surface area contributed by atoms with Gasteiger partial charge in [0.1, 0.15) is 0 Å². The third kappa shape index (κ3) is 3.50. The molecule has 0 aromatic carbocycles. The monoisotopic (exact) mass is 222 g/mol. The summed E-state index contributed by atoms with van der Waals surface area (Å²) in [6.45, 7) is 6.96. The average molecular weight is 222 g/mol. The van der Waals surface area contributed by atoms with Crippen molar-refractivity contribution in [3.63, 3.8) is 0 Å². The van der Waals surface area contributed by atoms with Gasteiger partial charge in [0, 0.05) is 18.0 Å². The van der Waals surface area contributed by atoms with E-state index in [-0.39, 0.29) is 11.6 Å². The van der Waals surface area contributed by atoms with Crippen LogP contribution in [0, 0.1) is 12.3 Å². The smallest absolute Gasteiger partial charge is 0.0304 e. The van der Waals surface area contributed by atoms with Crippen molar-refractivity contribution < 1.29 is 0 Å². The van der Waals surface area contributed by atoms with Crippen LogP contribution in [0.15, 0.2) is 0 Å². The standard InChI is InChI=1S/C14H26N2/c1-4-5-7-10-13(15)14(2,3)16-11-8-6-9-12-16/h1,13H,5-12,15H2,2-3H3. The lowest BCUT2D eigenvalue weighted by Crippen LogP contribution is -2.57. The first kappa shape index (κ1) is 13.5. The highest BCUT2D eigenvalue weighted by atomic mass is 15.2. The maximum atomic E-state index is 6.31. The first-order valence-electron chi connectivity index (χ1n) is 6.53. The van der Waals surface area contributed by atoms with Crippen molar-refractivity contribution in [3.8, 4) is 12.3 Å². The normalized spacial score (nSPS) is 20.4. The van der Waals surface area contributed by atoms with Crippen LogP contribution in [-0.4, -0.2) is 29.6 Å². The Morgan fingerprint density at radius 1 is 1.31 bits per heavy atom. The summed E-state index contributed by atoms with van der Waals surface area (Å²) in [6.07, 6.45) is 12.2.